The van der Waals surface area contributed by atoms with Gasteiger partial charge in [-0.05, 0) is 42.7 Å². The zero-order valence-electron chi connectivity index (χ0n) is 20.6. The average molecular weight is 494 g/mol. The van der Waals surface area contributed by atoms with E-state index in [0.717, 1.165) is 23.3 Å². The number of unbranched alkanes of at least 4 members (excludes halogenated alkanes) is 1. The Hall–Kier alpha value is -3.88. The van der Waals surface area contributed by atoms with E-state index in [1.54, 1.807) is 24.3 Å². The van der Waals surface area contributed by atoms with Gasteiger partial charge in [-0.1, -0.05) is 50.1 Å². The van der Waals surface area contributed by atoms with Gasteiger partial charge >= 0.3 is 18.1 Å². The zero-order chi connectivity index (χ0) is 25.9. The number of likely N-dealkylation sites (N-methyl/N-ethyl adjacent to an activating group) is 1. The van der Waals surface area contributed by atoms with Gasteiger partial charge in [-0.25, -0.2) is 14.4 Å². The molecule has 2 heterocycles. The number of nitrogens with zero attached hydrogens (tertiary/aromatic N) is 3. The monoisotopic (exact) mass is 493 g/mol. The molecule has 0 aromatic heterocycles. The lowest BCUT2D eigenvalue weighted by atomic mass is 9.73. The van der Waals surface area contributed by atoms with Gasteiger partial charge < -0.3 is 14.7 Å². The third-order valence-corrected chi connectivity index (χ3v) is 7.18. The Morgan fingerprint density at radius 1 is 1.08 bits per heavy atom. The second-order valence-corrected chi connectivity index (χ2v) is 9.33. The molecule has 2 aromatic rings. The normalized spacial score (nSPS) is 21.8. The summed E-state index contributed by atoms with van der Waals surface area (Å²) in [6.45, 7) is 2.52. The largest absolute Gasteiger partial charge is 0.465 e. The lowest BCUT2D eigenvalue weighted by molar-refractivity contribution is -0.133. The Labute approximate surface area is 210 Å². The highest BCUT2D eigenvalue weighted by Crippen LogP contribution is 2.45. The molecule has 4 rings (SSSR count). The number of likely N-dealkylation sites (tertiary alicyclic amines) is 1. The van der Waals surface area contributed by atoms with Crippen molar-refractivity contribution in [1.29, 1.82) is 0 Å². The summed E-state index contributed by atoms with van der Waals surface area (Å²) in [6, 6.07) is 15.4. The molecule has 0 radical (unpaired) electrons. The average Bonchev–Trinajstić information content (AvgIpc) is 3.08. The van der Waals surface area contributed by atoms with Crippen LogP contribution in [0.2, 0.25) is 0 Å². The van der Waals surface area contributed by atoms with E-state index >= 15 is 0 Å². The minimum absolute atomic E-state index is 0.146. The van der Waals surface area contributed by atoms with E-state index in [1.165, 1.54) is 16.8 Å². The van der Waals surface area contributed by atoms with E-state index in [4.69, 9.17) is 4.74 Å². The van der Waals surface area contributed by atoms with Crippen molar-refractivity contribution < 1.29 is 29.0 Å². The summed E-state index contributed by atoms with van der Waals surface area (Å²) in [7, 11) is 1.46. The molecular formula is C27H31N3O6. The number of rotatable bonds is 7. The van der Waals surface area contributed by atoms with Crippen molar-refractivity contribution in [3.63, 3.8) is 0 Å². The van der Waals surface area contributed by atoms with Gasteiger partial charge in [0.05, 0.1) is 5.56 Å². The Morgan fingerprint density at radius 2 is 1.78 bits per heavy atom. The maximum Gasteiger partial charge on any atom is 0.407 e. The molecule has 9 nitrogen and oxygen atoms in total. The number of esters is 1. The first kappa shape index (κ1) is 25.2. The summed E-state index contributed by atoms with van der Waals surface area (Å²) < 4.78 is 5.40. The number of carbonyl (C=O) groups is 4. The summed E-state index contributed by atoms with van der Waals surface area (Å²) in [6.07, 6.45) is 1.50. The molecule has 0 bridgehead atoms. The molecule has 4 amide bonds. The van der Waals surface area contributed by atoms with Gasteiger partial charge in [0.1, 0.15) is 12.1 Å². The summed E-state index contributed by atoms with van der Waals surface area (Å²) in [5, 5.41) is 9.57. The summed E-state index contributed by atoms with van der Waals surface area (Å²) in [5.41, 5.74) is 0.530. The number of benzene rings is 2. The fraction of sp³-hybridized carbons (Fsp3) is 0.407. The number of hydrogen-bond acceptors (Lipinski definition) is 5. The number of ether oxygens (including phenoxy) is 1. The number of carboxylic acid groups (broad SMARTS) is 1. The van der Waals surface area contributed by atoms with E-state index in [-0.39, 0.29) is 37.9 Å². The second-order valence-electron chi connectivity index (χ2n) is 9.33. The van der Waals surface area contributed by atoms with Crippen molar-refractivity contribution in [3.05, 3.63) is 65.7 Å². The van der Waals surface area contributed by atoms with Crippen LogP contribution in [0.15, 0.2) is 54.6 Å². The van der Waals surface area contributed by atoms with Gasteiger partial charge in [-0.3, -0.25) is 14.6 Å². The third kappa shape index (κ3) is 4.53. The minimum Gasteiger partial charge on any atom is -0.465 e. The SMILES string of the molecule is CCCCC1CN(C(=O)O)CCC12C(=O)N(C)C(=O)N2c1ccc(C(=O)OCc2ccccc2)cc1. The van der Waals surface area contributed by atoms with Gasteiger partial charge in [0.15, 0.2) is 0 Å². The molecule has 2 fully saturated rings. The van der Waals surface area contributed by atoms with Crippen LogP contribution in [0.3, 0.4) is 0 Å². The third-order valence-electron chi connectivity index (χ3n) is 7.18. The second kappa shape index (κ2) is 10.4. The molecule has 1 spiro atoms. The predicted octanol–water partition coefficient (Wildman–Crippen LogP) is 4.37. The summed E-state index contributed by atoms with van der Waals surface area (Å²) in [5.74, 6) is -1.15. The number of urea groups is 1. The van der Waals surface area contributed by atoms with Crippen molar-refractivity contribution in [2.45, 2.75) is 44.8 Å². The maximum atomic E-state index is 13.5. The Kier molecular flexibility index (Phi) is 7.28. The van der Waals surface area contributed by atoms with Crippen molar-refractivity contribution in [2.75, 3.05) is 25.0 Å². The van der Waals surface area contributed by atoms with Gasteiger partial charge in [0.2, 0.25) is 0 Å². The fourth-order valence-corrected chi connectivity index (χ4v) is 5.24. The van der Waals surface area contributed by atoms with Gasteiger partial charge in [-0.2, -0.15) is 0 Å². The van der Waals surface area contributed by atoms with Gasteiger partial charge in [0, 0.05) is 31.7 Å². The van der Waals surface area contributed by atoms with Crippen molar-refractivity contribution >= 4 is 29.7 Å². The highest BCUT2D eigenvalue weighted by molar-refractivity contribution is 6.17. The van der Waals surface area contributed by atoms with Crippen LogP contribution in [-0.4, -0.2) is 64.6 Å². The molecule has 0 saturated carbocycles. The Balaban J connectivity index is 1.61. The Bertz CT molecular complexity index is 1140. The molecule has 2 unspecified atom stereocenters. The molecule has 2 saturated heterocycles. The van der Waals surface area contributed by atoms with Crippen molar-refractivity contribution in [2.24, 2.45) is 5.92 Å². The molecule has 2 atom stereocenters. The van der Waals surface area contributed by atoms with Crippen LogP contribution in [0.1, 0.15) is 48.5 Å². The molecule has 2 aliphatic rings. The maximum absolute atomic E-state index is 13.5. The van der Waals surface area contributed by atoms with Crippen LogP contribution in [0.4, 0.5) is 15.3 Å². The number of hydrogen-bond donors (Lipinski definition) is 1. The van der Waals surface area contributed by atoms with Crippen LogP contribution in [0, 0.1) is 5.92 Å². The first-order valence-corrected chi connectivity index (χ1v) is 12.2. The molecule has 2 aliphatic heterocycles. The number of imide groups is 1. The zero-order valence-corrected chi connectivity index (χ0v) is 20.6. The summed E-state index contributed by atoms with van der Waals surface area (Å²) in [4.78, 5) is 55.1. The van der Waals surface area contributed by atoms with Gasteiger partial charge in [-0.15, -0.1) is 0 Å². The molecule has 9 heteroatoms. The van der Waals surface area contributed by atoms with Crippen LogP contribution < -0.4 is 4.90 Å². The Morgan fingerprint density at radius 3 is 2.42 bits per heavy atom. The van der Waals surface area contributed by atoms with E-state index < -0.39 is 23.6 Å². The highest BCUT2D eigenvalue weighted by Gasteiger charge is 2.62. The van der Waals surface area contributed by atoms with Crippen LogP contribution in [0.25, 0.3) is 0 Å². The quantitative estimate of drug-likeness (QED) is 0.453. The van der Waals surface area contributed by atoms with E-state index in [0.29, 0.717) is 17.7 Å². The smallest absolute Gasteiger partial charge is 0.407 e. The molecule has 0 aliphatic carbocycles. The number of anilines is 1. The van der Waals surface area contributed by atoms with E-state index in [9.17, 15) is 24.3 Å². The van der Waals surface area contributed by atoms with Crippen LogP contribution >= 0.6 is 0 Å². The number of piperidine rings is 1. The highest BCUT2D eigenvalue weighted by atomic mass is 16.5. The van der Waals surface area contributed by atoms with Crippen LogP contribution in [-0.2, 0) is 16.1 Å². The first-order chi connectivity index (χ1) is 17.3. The predicted molar refractivity (Wildman–Crippen MR) is 133 cm³/mol. The molecule has 1 N–H and O–H groups in total. The topological polar surface area (TPSA) is 107 Å². The minimum atomic E-state index is -1.16. The molecule has 190 valence electrons. The standard InChI is InChI=1S/C27H31N3O6/c1-3-4-10-21-17-29(26(34)35)16-15-27(21)24(32)28(2)25(33)30(27)22-13-11-20(12-14-22)23(31)36-18-19-8-6-5-7-9-19/h5-9,11-14,21H,3-4,10,15-18H2,1-2H3,(H,34,35). The number of amides is 4. The van der Waals surface area contributed by atoms with Crippen LogP contribution in [0.5, 0.6) is 0 Å². The molecular weight excluding hydrogens is 462 g/mol. The fourth-order valence-electron chi connectivity index (χ4n) is 5.24. The van der Waals surface area contributed by atoms with E-state index in [2.05, 4.69) is 0 Å². The van der Waals surface area contributed by atoms with Crippen molar-refractivity contribution in [3.8, 4) is 0 Å². The first-order valence-electron chi connectivity index (χ1n) is 12.2. The van der Waals surface area contributed by atoms with Crippen molar-refractivity contribution in [1.82, 2.24) is 9.80 Å². The lowest BCUT2D eigenvalue weighted by Crippen LogP contribution is -2.63. The number of carbonyl (C=O) groups excluding carboxylic acids is 3. The summed E-state index contributed by atoms with van der Waals surface area (Å²) >= 11 is 0. The van der Waals surface area contributed by atoms with E-state index in [1.807, 2.05) is 37.3 Å². The lowest BCUT2D eigenvalue weighted by Gasteiger charge is -2.47. The van der Waals surface area contributed by atoms with Gasteiger partial charge in [0.25, 0.3) is 5.91 Å². The molecule has 2 aromatic carbocycles. The molecule has 36 heavy (non-hydrogen) atoms.